The summed E-state index contributed by atoms with van der Waals surface area (Å²) in [5.74, 6) is 1.33. The maximum absolute atomic E-state index is 14.1. The van der Waals surface area contributed by atoms with Crippen LogP contribution in [0.25, 0.3) is 17.0 Å². The standard InChI is InChI=1S/C22H28F2N8O2/c1-33-16-4-2-3-15-17(16)27-19(18(23)24)32(15)22-29-20(26-13-14-5-7-25-8-6-14)28-21(30-22)31-9-11-34-12-10-31/h2-4,14,18,25H,5-13H2,1H3,(H,26,28,29,30). The molecule has 2 aliphatic rings. The number of imidazole rings is 1. The zero-order valence-electron chi connectivity index (χ0n) is 19.0. The fourth-order valence-corrected chi connectivity index (χ4v) is 4.37. The summed E-state index contributed by atoms with van der Waals surface area (Å²) in [6, 6.07) is 5.12. The van der Waals surface area contributed by atoms with Gasteiger partial charge in [-0.1, -0.05) is 6.07 Å². The third kappa shape index (κ3) is 4.60. The summed E-state index contributed by atoms with van der Waals surface area (Å²) < 4.78 is 40.3. The number of halogens is 2. The van der Waals surface area contributed by atoms with E-state index in [1.54, 1.807) is 18.2 Å². The molecule has 2 fully saturated rings. The van der Waals surface area contributed by atoms with E-state index in [4.69, 9.17) is 9.47 Å². The summed E-state index contributed by atoms with van der Waals surface area (Å²) in [6.45, 7) is 4.98. The second-order valence-electron chi connectivity index (χ2n) is 8.37. The van der Waals surface area contributed by atoms with Gasteiger partial charge in [0.15, 0.2) is 5.82 Å². The first kappa shape index (κ1) is 22.7. The number of alkyl halides is 2. The minimum atomic E-state index is -2.83. The molecule has 34 heavy (non-hydrogen) atoms. The van der Waals surface area contributed by atoms with Gasteiger partial charge in [-0.05, 0) is 44.0 Å². The average Bonchev–Trinajstić information content (AvgIpc) is 3.29. The van der Waals surface area contributed by atoms with E-state index in [2.05, 4.69) is 30.6 Å². The highest BCUT2D eigenvalue weighted by atomic mass is 19.3. The Bertz CT molecular complexity index is 1130. The fraction of sp³-hybridized carbons (Fsp3) is 0.545. The number of rotatable bonds is 7. The zero-order chi connectivity index (χ0) is 23.5. The topological polar surface area (TPSA) is 102 Å². The maximum Gasteiger partial charge on any atom is 0.296 e. The number of nitrogens with zero attached hydrogens (tertiary/aromatic N) is 6. The predicted molar refractivity (Wildman–Crippen MR) is 123 cm³/mol. The Morgan fingerprint density at radius 2 is 1.88 bits per heavy atom. The molecule has 0 unspecified atom stereocenters. The van der Waals surface area contributed by atoms with Gasteiger partial charge in [0.05, 0.1) is 25.8 Å². The molecule has 0 aliphatic carbocycles. The number of nitrogens with one attached hydrogen (secondary N) is 2. The molecule has 0 bridgehead atoms. The van der Waals surface area contributed by atoms with Crippen molar-refractivity contribution in [3.05, 3.63) is 24.0 Å². The van der Waals surface area contributed by atoms with Gasteiger partial charge in [-0.25, -0.2) is 13.8 Å². The van der Waals surface area contributed by atoms with Gasteiger partial charge < -0.3 is 25.0 Å². The third-order valence-electron chi connectivity index (χ3n) is 6.20. The Labute approximate surface area is 195 Å². The molecule has 182 valence electrons. The van der Waals surface area contributed by atoms with Crippen LogP contribution in [0.3, 0.4) is 0 Å². The fourth-order valence-electron chi connectivity index (χ4n) is 4.37. The van der Waals surface area contributed by atoms with E-state index in [0.29, 0.717) is 67.4 Å². The van der Waals surface area contributed by atoms with E-state index in [1.807, 2.05) is 4.90 Å². The molecule has 0 saturated carbocycles. The van der Waals surface area contributed by atoms with Crippen molar-refractivity contribution in [2.45, 2.75) is 19.3 Å². The van der Waals surface area contributed by atoms with Crippen LogP contribution in [-0.2, 0) is 4.74 Å². The van der Waals surface area contributed by atoms with Crippen molar-refractivity contribution in [2.75, 3.05) is 63.3 Å². The largest absolute Gasteiger partial charge is 0.494 e. The van der Waals surface area contributed by atoms with Gasteiger partial charge in [0, 0.05) is 19.6 Å². The number of ether oxygens (including phenoxy) is 2. The molecule has 0 atom stereocenters. The molecule has 1 aromatic carbocycles. The number of methoxy groups -OCH3 is 1. The molecule has 4 heterocycles. The smallest absolute Gasteiger partial charge is 0.296 e. The second kappa shape index (κ2) is 10.0. The van der Waals surface area contributed by atoms with Crippen LogP contribution in [0.15, 0.2) is 18.2 Å². The molecule has 2 aliphatic heterocycles. The van der Waals surface area contributed by atoms with Gasteiger partial charge in [-0.2, -0.15) is 15.0 Å². The minimum absolute atomic E-state index is 0.0929. The predicted octanol–water partition coefficient (Wildman–Crippen LogP) is 2.40. The Morgan fingerprint density at radius 3 is 2.62 bits per heavy atom. The van der Waals surface area contributed by atoms with Crippen LogP contribution in [0.5, 0.6) is 5.75 Å². The molecule has 10 nitrogen and oxygen atoms in total. The van der Waals surface area contributed by atoms with Gasteiger partial charge in [0.25, 0.3) is 6.43 Å². The molecule has 3 aromatic rings. The molecule has 0 amide bonds. The quantitative estimate of drug-likeness (QED) is 0.534. The van der Waals surface area contributed by atoms with Gasteiger partial charge in [-0.15, -0.1) is 0 Å². The molecule has 2 saturated heterocycles. The number of anilines is 2. The van der Waals surface area contributed by atoms with Crippen molar-refractivity contribution < 1.29 is 18.3 Å². The van der Waals surface area contributed by atoms with E-state index >= 15 is 0 Å². The Kier molecular flexibility index (Phi) is 6.68. The highest BCUT2D eigenvalue weighted by Crippen LogP contribution is 2.32. The molecule has 2 N–H and O–H groups in total. The van der Waals surface area contributed by atoms with Crippen LogP contribution in [0.4, 0.5) is 20.7 Å². The molecule has 12 heteroatoms. The van der Waals surface area contributed by atoms with Crippen LogP contribution in [0.1, 0.15) is 25.1 Å². The molecular weight excluding hydrogens is 446 g/mol. The van der Waals surface area contributed by atoms with E-state index in [9.17, 15) is 8.78 Å². The minimum Gasteiger partial charge on any atom is -0.494 e. The SMILES string of the molecule is COc1cccc2c1nc(C(F)F)n2-c1nc(NCC2CCNCC2)nc(N2CCOCC2)n1. The lowest BCUT2D eigenvalue weighted by atomic mass is 9.98. The van der Waals surface area contributed by atoms with Gasteiger partial charge in [0.1, 0.15) is 11.3 Å². The Morgan fingerprint density at radius 1 is 1.12 bits per heavy atom. The Balaban J connectivity index is 1.58. The van der Waals surface area contributed by atoms with Crippen molar-refractivity contribution in [2.24, 2.45) is 5.92 Å². The highest BCUT2D eigenvalue weighted by molar-refractivity contribution is 5.84. The van der Waals surface area contributed by atoms with Crippen LogP contribution < -0.4 is 20.3 Å². The van der Waals surface area contributed by atoms with Gasteiger partial charge in [-0.3, -0.25) is 4.57 Å². The van der Waals surface area contributed by atoms with Gasteiger partial charge >= 0.3 is 0 Å². The average molecular weight is 475 g/mol. The summed E-state index contributed by atoms with van der Waals surface area (Å²) in [6.07, 6.45) is -0.710. The number of piperidine rings is 1. The van der Waals surface area contributed by atoms with E-state index in [0.717, 1.165) is 25.9 Å². The van der Waals surface area contributed by atoms with E-state index in [-0.39, 0.29) is 5.95 Å². The number of hydrogen-bond donors (Lipinski definition) is 2. The monoisotopic (exact) mass is 474 g/mol. The summed E-state index contributed by atoms with van der Waals surface area (Å²) in [7, 11) is 1.48. The van der Waals surface area contributed by atoms with Crippen LogP contribution in [0.2, 0.25) is 0 Å². The van der Waals surface area contributed by atoms with Crippen molar-refractivity contribution >= 4 is 22.9 Å². The second-order valence-corrected chi connectivity index (χ2v) is 8.37. The number of hydrogen-bond acceptors (Lipinski definition) is 9. The lowest BCUT2D eigenvalue weighted by Gasteiger charge is -2.27. The lowest BCUT2D eigenvalue weighted by Crippen LogP contribution is -2.38. The van der Waals surface area contributed by atoms with Gasteiger partial charge in [0.2, 0.25) is 17.8 Å². The van der Waals surface area contributed by atoms with Crippen LogP contribution in [0, 0.1) is 5.92 Å². The Hall–Kier alpha value is -3.12. The van der Waals surface area contributed by atoms with Crippen LogP contribution in [-0.4, -0.2) is 77.6 Å². The zero-order valence-corrected chi connectivity index (χ0v) is 19.0. The summed E-state index contributed by atoms with van der Waals surface area (Å²) >= 11 is 0. The summed E-state index contributed by atoms with van der Waals surface area (Å²) in [4.78, 5) is 19.9. The number of morpholine rings is 1. The van der Waals surface area contributed by atoms with Crippen LogP contribution >= 0.6 is 0 Å². The first-order valence-corrected chi connectivity index (χ1v) is 11.5. The number of aromatic nitrogens is 5. The summed E-state index contributed by atoms with van der Waals surface area (Å²) in [5.41, 5.74) is 0.774. The third-order valence-corrected chi connectivity index (χ3v) is 6.20. The molecule has 0 spiro atoms. The van der Waals surface area contributed by atoms with Crippen molar-refractivity contribution in [1.82, 2.24) is 29.8 Å². The van der Waals surface area contributed by atoms with E-state index in [1.165, 1.54) is 11.7 Å². The first-order valence-electron chi connectivity index (χ1n) is 11.5. The maximum atomic E-state index is 14.1. The number of benzene rings is 1. The van der Waals surface area contributed by atoms with E-state index < -0.39 is 12.2 Å². The van der Waals surface area contributed by atoms with Crippen molar-refractivity contribution in [3.63, 3.8) is 0 Å². The number of para-hydroxylation sites is 1. The normalized spacial score (nSPS) is 17.5. The molecule has 5 rings (SSSR count). The molecule has 0 radical (unpaired) electrons. The number of fused-ring (bicyclic) bond motifs is 1. The van der Waals surface area contributed by atoms with Crippen molar-refractivity contribution in [3.8, 4) is 11.7 Å². The highest BCUT2D eigenvalue weighted by Gasteiger charge is 2.26. The molecule has 2 aromatic heterocycles. The van der Waals surface area contributed by atoms with Crippen molar-refractivity contribution in [1.29, 1.82) is 0 Å². The lowest BCUT2D eigenvalue weighted by molar-refractivity contribution is 0.122. The molecular formula is C22H28F2N8O2. The summed E-state index contributed by atoms with van der Waals surface area (Å²) in [5, 5.41) is 6.68. The first-order chi connectivity index (χ1) is 16.6.